The Morgan fingerprint density at radius 2 is 1.72 bits per heavy atom. The lowest BCUT2D eigenvalue weighted by molar-refractivity contribution is -0.108. The largest absolute Gasteiger partial charge is 0.304 e. The minimum Gasteiger partial charge on any atom is -0.304 e. The van der Waals surface area contributed by atoms with Gasteiger partial charge in [0, 0.05) is 39.1 Å². The summed E-state index contributed by atoms with van der Waals surface area (Å²) in [4.78, 5) is 16.1. The molecule has 3 atom stereocenters. The molecule has 1 aliphatic carbocycles. The maximum Gasteiger partial charge on any atom is 0.120 e. The van der Waals surface area contributed by atoms with Crippen LogP contribution in [0.5, 0.6) is 0 Å². The van der Waals surface area contributed by atoms with E-state index in [0.29, 0.717) is 5.92 Å². The van der Waals surface area contributed by atoms with Crippen molar-refractivity contribution < 1.29 is 4.79 Å². The van der Waals surface area contributed by atoms with Crippen LogP contribution in [0.1, 0.15) is 71.6 Å². The molecule has 0 amide bonds. The minimum atomic E-state index is 0.611. The van der Waals surface area contributed by atoms with Crippen LogP contribution in [0.4, 0.5) is 0 Å². The average molecular weight is 351 g/mol. The summed E-state index contributed by atoms with van der Waals surface area (Å²) < 4.78 is 0. The van der Waals surface area contributed by atoms with Crippen LogP contribution in [0.2, 0.25) is 0 Å². The van der Waals surface area contributed by atoms with Gasteiger partial charge in [0.2, 0.25) is 0 Å². The standard InChI is InChI=1S/C22H42N2O/c1-4-20(12-17-25)10-11-22(21-8-6-5-7-9-21)19(2)18-24-15-13-23(3)14-16-24/h17,19-22H,4-16,18H2,1-3H3. The van der Waals surface area contributed by atoms with Gasteiger partial charge in [-0.25, -0.2) is 0 Å². The Morgan fingerprint density at radius 3 is 2.32 bits per heavy atom. The number of aldehydes is 1. The van der Waals surface area contributed by atoms with Crippen molar-refractivity contribution in [1.82, 2.24) is 9.80 Å². The molecule has 1 heterocycles. The van der Waals surface area contributed by atoms with Crippen molar-refractivity contribution in [1.29, 1.82) is 0 Å². The van der Waals surface area contributed by atoms with E-state index in [4.69, 9.17) is 0 Å². The number of likely N-dealkylation sites (N-methyl/N-ethyl adjacent to an activating group) is 1. The van der Waals surface area contributed by atoms with Gasteiger partial charge in [-0.2, -0.15) is 0 Å². The molecule has 25 heavy (non-hydrogen) atoms. The van der Waals surface area contributed by atoms with Crippen molar-refractivity contribution in [2.75, 3.05) is 39.8 Å². The number of carbonyl (C=O) groups excluding carboxylic acids is 1. The third-order valence-corrected chi connectivity index (χ3v) is 7.04. The van der Waals surface area contributed by atoms with E-state index in [2.05, 4.69) is 30.7 Å². The van der Waals surface area contributed by atoms with Gasteiger partial charge in [0.05, 0.1) is 0 Å². The Kier molecular flexibility index (Phi) is 9.47. The predicted octanol–water partition coefficient (Wildman–Crippen LogP) is 4.46. The van der Waals surface area contributed by atoms with Crippen LogP contribution in [-0.2, 0) is 4.79 Å². The third-order valence-electron chi connectivity index (χ3n) is 7.04. The number of hydrogen-bond acceptors (Lipinski definition) is 3. The Bertz CT molecular complexity index is 359. The second-order valence-corrected chi connectivity index (χ2v) is 8.90. The van der Waals surface area contributed by atoms with Crippen molar-refractivity contribution in [3.8, 4) is 0 Å². The van der Waals surface area contributed by atoms with Crippen LogP contribution in [0.15, 0.2) is 0 Å². The molecule has 2 aliphatic rings. The van der Waals surface area contributed by atoms with E-state index in [-0.39, 0.29) is 0 Å². The van der Waals surface area contributed by atoms with Gasteiger partial charge in [-0.15, -0.1) is 0 Å². The van der Waals surface area contributed by atoms with E-state index in [9.17, 15) is 4.79 Å². The summed E-state index contributed by atoms with van der Waals surface area (Å²) in [6.07, 6.45) is 12.9. The summed E-state index contributed by atoms with van der Waals surface area (Å²) in [5.74, 6) is 3.20. The number of carbonyl (C=O) groups is 1. The van der Waals surface area contributed by atoms with Crippen LogP contribution in [0, 0.1) is 23.7 Å². The fourth-order valence-corrected chi connectivity index (χ4v) is 5.17. The van der Waals surface area contributed by atoms with Gasteiger partial charge < -0.3 is 14.6 Å². The van der Waals surface area contributed by atoms with Gasteiger partial charge in [0.15, 0.2) is 0 Å². The molecule has 1 saturated heterocycles. The van der Waals surface area contributed by atoms with Crippen molar-refractivity contribution in [2.24, 2.45) is 23.7 Å². The first kappa shape index (κ1) is 20.9. The zero-order valence-corrected chi connectivity index (χ0v) is 17.1. The predicted molar refractivity (Wildman–Crippen MR) is 107 cm³/mol. The first-order valence-corrected chi connectivity index (χ1v) is 11.0. The third kappa shape index (κ3) is 7.02. The molecule has 2 rings (SSSR count). The maximum absolute atomic E-state index is 10.9. The highest BCUT2D eigenvalue weighted by molar-refractivity contribution is 5.49. The number of nitrogens with zero attached hydrogens (tertiary/aromatic N) is 2. The van der Waals surface area contributed by atoms with Gasteiger partial charge in [-0.1, -0.05) is 52.4 Å². The van der Waals surface area contributed by atoms with Crippen molar-refractivity contribution in [3.05, 3.63) is 0 Å². The normalized spacial score (nSPS) is 24.8. The molecule has 0 N–H and O–H groups in total. The second kappa shape index (κ2) is 11.3. The monoisotopic (exact) mass is 350 g/mol. The van der Waals surface area contributed by atoms with Crippen molar-refractivity contribution in [2.45, 2.75) is 71.6 Å². The molecule has 0 radical (unpaired) electrons. The zero-order valence-electron chi connectivity index (χ0n) is 17.1. The number of piperazine rings is 1. The average Bonchev–Trinajstić information content (AvgIpc) is 2.64. The highest BCUT2D eigenvalue weighted by Gasteiger charge is 2.30. The lowest BCUT2D eigenvalue weighted by atomic mass is 9.71. The molecule has 3 unspecified atom stereocenters. The first-order valence-electron chi connectivity index (χ1n) is 11.0. The fourth-order valence-electron chi connectivity index (χ4n) is 5.17. The summed E-state index contributed by atoms with van der Waals surface area (Å²) >= 11 is 0. The lowest BCUT2D eigenvalue weighted by Crippen LogP contribution is -2.47. The Labute approximate surface area is 156 Å². The summed E-state index contributed by atoms with van der Waals surface area (Å²) in [6.45, 7) is 11.0. The minimum absolute atomic E-state index is 0.611. The molecule has 3 heteroatoms. The summed E-state index contributed by atoms with van der Waals surface area (Å²) in [5.41, 5.74) is 0. The van der Waals surface area contributed by atoms with Crippen molar-refractivity contribution >= 4 is 6.29 Å². The van der Waals surface area contributed by atoms with Gasteiger partial charge in [-0.05, 0) is 43.6 Å². The van der Waals surface area contributed by atoms with E-state index in [1.165, 1.54) is 77.7 Å². The molecule has 3 nitrogen and oxygen atoms in total. The van der Waals surface area contributed by atoms with Gasteiger partial charge in [0.1, 0.15) is 6.29 Å². The number of hydrogen-bond donors (Lipinski definition) is 0. The van der Waals surface area contributed by atoms with Crippen LogP contribution in [0.3, 0.4) is 0 Å². The van der Waals surface area contributed by atoms with Gasteiger partial charge in [-0.3, -0.25) is 0 Å². The summed E-state index contributed by atoms with van der Waals surface area (Å²) in [7, 11) is 2.24. The Balaban J connectivity index is 1.90. The van der Waals surface area contributed by atoms with E-state index >= 15 is 0 Å². The van der Waals surface area contributed by atoms with Crippen LogP contribution < -0.4 is 0 Å². The SMILES string of the molecule is CCC(CC=O)CCC(C(C)CN1CCN(C)CC1)C1CCCCC1. The molecular formula is C22H42N2O. The fraction of sp³-hybridized carbons (Fsp3) is 0.955. The topological polar surface area (TPSA) is 23.6 Å². The van der Waals surface area contributed by atoms with E-state index in [0.717, 1.165) is 36.9 Å². The van der Waals surface area contributed by atoms with E-state index in [1.54, 1.807) is 0 Å². The highest BCUT2D eigenvalue weighted by Crippen LogP contribution is 2.38. The maximum atomic E-state index is 10.9. The van der Waals surface area contributed by atoms with E-state index in [1.807, 2.05) is 0 Å². The van der Waals surface area contributed by atoms with Gasteiger partial charge in [0.25, 0.3) is 0 Å². The summed E-state index contributed by atoms with van der Waals surface area (Å²) in [6, 6.07) is 0. The van der Waals surface area contributed by atoms with Gasteiger partial charge >= 0.3 is 0 Å². The molecule has 0 aromatic carbocycles. The van der Waals surface area contributed by atoms with Crippen molar-refractivity contribution in [3.63, 3.8) is 0 Å². The molecule has 2 fully saturated rings. The molecule has 0 aromatic rings. The molecular weight excluding hydrogens is 308 g/mol. The Hall–Kier alpha value is -0.410. The highest BCUT2D eigenvalue weighted by atomic mass is 16.1. The lowest BCUT2D eigenvalue weighted by Gasteiger charge is -2.39. The molecule has 0 aromatic heterocycles. The number of rotatable bonds is 10. The zero-order chi connectivity index (χ0) is 18.1. The molecule has 0 spiro atoms. The van der Waals surface area contributed by atoms with Crippen LogP contribution in [-0.4, -0.2) is 55.9 Å². The van der Waals surface area contributed by atoms with Crippen LogP contribution >= 0.6 is 0 Å². The first-order chi connectivity index (χ1) is 12.1. The van der Waals surface area contributed by atoms with Crippen LogP contribution in [0.25, 0.3) is 0 Å². The molecule has 1 aliphatic heterocycles. The molecule has 1 saturated carbocycles. The van der Waals surface area contributed by atoms with E-state index < -0.39 is 0 Å². The molecule has 146 valence electrons. The smallest absolute Gasteiger partial charge is 0.120 e. The second-order valence-electron chi connectivity index (χ2n) is 8.90. The Morgan fingerprint density at radius 1 is 1.04 bits per heavy atom. The quantitative estimate of drug-likeness (QED) is 0.543. The summed E-state index contributed by atoms with van der Waals surface area (Å²) in [5, 5.41) is 0. The molecule has 0 bridgehead atoms.